The van der Waals surface area contributed by atoms with Crippen LogP contribution < -0.4 is 0 Å². The Labute approximate surface area is 87.3 Å². The smallest absolute Gasteiger partial charge is 0.272 e. The molecule has 16 heavy (non-hydrogen) atoms. The number of alkyl halides is 6. The van der Waals surface area contributed by atoms with E-state index in [2.05, 4.69) is 14.2 Å². The van der Waals surface area contributed by atoms with Crippen LogP contribution in [0.5, 0.6) is 0 Å². The van der Waals surface area contributed by atoms with Crippen molar-refractivity contribution < 1.29 is 40.6 Å². The van der Waals surface area contributed by atoms with Crippen LogP contribution in [0.2, 0.25) is 0 Å². The molecule has 3 nitrogen and oxygen atoms in total. The summed E-state index contributed by atoms with van der Waals surface area (Å²) in [5.74, 6) is 0. The number of hydrogen-bond donors (Lipinski definition) is 0. The van der Waals surface area contributed by atoms with Gasteiger partial charge in [0.05, 0.1) is 0 Å². The predicted molar refractivity (Wildman–Crippen MR) is 39.7 cm³/mol. The fourth-order valence-electron chi connectivity index (χ4n) is 0.598. The largest absolute Gasteiger partial charge is 0.324 e. The van der Waals surface area contributed by atoms with E-state index in [4.69, 9.17) is 0 Å². The summed E-state index contributed by atoms with van der Waals surface area (Å²) in [6.45, 7) is -5.41. The van der Waals surface area contributed by atoms with E-state index in [1.54, 1.807) is 0 Å². The molecule has 0 aromatic carbocycles. The van der Waals surface area contributed by atoms with Crippen molar-refractivity contribution in [2.24, 2.45) is 0 Å². The summed E-state index contributed by atoms with van der Waals surface area (Å²) in [6, 6.07) is 0. The molecule has 0 rings (SSSR count). The summed E-state index contributed by atoms with van der Waals surface area (Å²) in [7, 11) is 0. The molecule has 0 radical (unpaired) electrons. The molecule has 0 spiro atoms. The monoisotopic (exact) mass is 256 g/mol. The van der Waals surface area contributed by atoms with Gasteiger partial charge in [-0.05, 0) is 0 Å². The lowest BCUT2D eigenvalue weighted by molar-refractivity contribution is -0.309. The van der Waals surface area contributed by atoms with Gasteiger partial charge in [-0.3, -0.25) is 0 Å². The highest BCUT2D eigenvalue weighted by Gasteiger charge is 2.17. The van der Waals surface area contributed by atoms with E-state index in [0.29, 0.717) is 0 Å². The molecule has 0 heterocycles. The molecular formula is C7H10F6O3. The van der Waals surface area contributed by atoms with Crippen LogP contribution in [0.1, 0.15) is 0 Å². The number of ether oxygens (including phenoxy) is 3. The summed E-state index contributed by atoms with van der Waals surface area (Å²) in [4.78, 5) is 0. The quantitative estimate of drug-likeness (QED) is 0.467. The van der Waals surface area contributed by atoms with Crippen molar-refractivity contribution in [2.45, 2.75) is 25.8 Å². The minimum Gasteiger partial charge on any atom is -0.324 e. The van der Waals surface area contributed by atoms with Crippen LogP contribution in [0.25, 0.3) is 0 Å². The molecule has 98 valence electrons. The molecule has 0 aromatic rings. The van der Waals surface area contributed by atoms with Crippen LogP contribution in [0, 0.1) is 0 Å². The summed E-state index contributed by atoms with van der Waals surface area (Å²) in [5, 5.41) is 0. The average molecular weight is 256 g/mol. The Morgan fingerprint density at radius 2 is 0.812 bits per heavy atom. The second kappa shape index (κ2) is 8.59. The average Bonchev–Trinajstić information content (AvgIpc) is 2.15. The standard InChI is InChI=1S/C7H10F6O3/c8-4(9)1-14-7(15-2-5(10)11)16-3-6(12)13/h4-7H,1-3H2. The molecule has 0 aliphatic rings. The molecule has 0 unspecified atom stereocenters. The number of rotatable bonds is 9. The van der Waals surface area contributed by atoms with E-state index in [0.717, 1.165) is 0 Å². The lowest BCUT2D eigenvalue weighted by Gasteiger charge is -2.18. The third-order valence-electron chi connectivity index (χ3n) is 1.07. The Morgan fingerprint density at radius 1 is 0.562 bits per heavy atom. The second-order valence-electron chi connectivity index (χ2n) is 2.46. The van der Waals surface area contributed by atoms with Crippen LogP contribution in [0.3, 0.4) is 0 Å². The Morgan fingerprint density at radius 3 is 1.00 bits per heavy atom. The van der Waals surface area contributed by atoms with Crippen molar-refractivity contribution in [1.82, 2.24) is 0 Å². The molecule has 0 bridgehead atoms. The van der Waals surface area contributed by atoms with Gasteiger partial charge in [0.1, 0.15) is 19.8 Å². The lowest BCUT2D eigenvalue weighted by atomic mass is 10.7. The van der Waals surface area contributed by atoms with Gasteiger partial charge in [0.15, 0.2) is 0 Å². The molecule has 0 N–H and O–H groups in total. The Balaban J connectivity index is 3.85. The molecule has 9 heteroatoms. The Kier molecular flexibility index (Phi) is 8.30. The fraction of sp³-hybridized carbons (Fsp3) is 1.00. The maximum absolute atomic E-state index is 11.7. The van der Waals surface area contributed by atoms with Crippen molar-refractivity contribution in [3.63, 3.8) is 0 Å². The zero-order valence-electron chi connectivity index (χ0n) is 7.92. The first kappa shape index (κ1) is 15.5. The van der Waals surface area contributed by atoms with Gasteiger partial charge >= 0.3 is 0 Å². The van der Waals surface area contributed by atoms with E-state index < -0.39 is 45.6 Å². The van der Waals surface area contributed by atoms with Crippen molar-refractivity contribution in [1.29, 1.82) is 0 Å². The maximum atomic E-state index is 11.7. The normalized spacial score (nSPS) is 12.4. The van der Waals surface area contributed by atoms with E-state index in [1.807, 2.05) is 0 Å². The first-order valence-electron chi connectivity index (χ1n) is 4.11. The Bertz CT molecular complexity index is 140. The highest BCUT2D eigenvalue weighted by molar-refractivity contribution is 4.39. The van der Waals surface area contributed by atoms with Gasteiger partial charge in [0.25, 0.3) is 25.8 Å². The molecule has 0 saturated carbocycles. The molecule has 0 atom stereocenters. The second-order valence-corrected chi connectivity index (χ2v) is 2.46. The van der Waals surface area contributed by atoms with E-state index in [-0.39, 0.29) is 0 Å². The van der Waals surface area contributed by atoms with Crippen LogP contribution in [-0.4, -0.2) is 45.6 Å². The molecule has 0 amide bonds. The minimum absolute atomic E-state index is 1.16. The zero-order valence-corrected chi connectivity index (χ0v) is 7.92. The van der Waals surface area contributed by atoms with Crippen molar-refractivity contribution >= 4 is 0 Å². The summed E-state index contributed by atoms with van der Waals surface area (Å²) < 4.78 is 82.4. The van der Waals surface area contributed by atoms with Gasteiger partial charge in [0, 0.05) is 0 Å². The Hall–Kier alpha value is -0.540. The van der Waals surface area contributed by atoms with Gasteiger partial charge in [-0.15, -0.1) is 0 Å². The molecule has 0 aromatic heterocycles. The summed E-state index contributed by atoms with van der Waals surface area (Å²) in [6.07, 6.45) is -8.65. The topological polar surface area (TPSA) is 27.7 Å². The SMILES string of the molecule is FC(F)COC(OCC(F)F)OCC(F)F. The van der Waals surface area contributed by atoms with Crippen molar-refractivity contribution in [3.8, 4) is 0 Å². The van der Waals surface area contributed by atoms with E-state index >= 15 is 0 Å². The lowest BCUT2D eigenvalue weighted by Crippen LogP contribution is -2.27. The van der Waals surface area contributed by atoms with Crippen LogP contribution in [0.15, 0.2) is 0 Å². The highest BCUT2D eigenvalue weighted by Crippen LogP contribution is 2.06. The molecule has 0 saturated heterocycles. The molecule has 0 aliphatic carbocycles. The van der Waals surface area contributed by atoms with Crippen LogP contribution in [-0.2, 0) is 14.2 Å². The first-order chi connectivity index (χ1) is 7.41. The van der Waals surface area contributed by atoms with Crippen molar-refractivity contribution in [2.75, 3.05) is 19.8 Å². The fourth-order valence-corrected chi connectivity index (χ4v) is 0.598. The third-order valence-corrected chi connectivity index (χ3v) is 1.07. The van der Waals surface area contributed by atoms with Crippen LogP contribution in [0.4, 0.5) is 26.3 Å². The predicted octanol–water partition coefficient (Wildman–Crippen LogP) is 2.12. The third kappa shape index (κ3) is 9.99. The molecular weight excluding hydrogens is 246 g/mol. The van der Waals surface area contributed by atoms with Gasteiger partial charge in [0.2, 0.25) is 0 Å². The molecule has 0 fully saturated rings. The van der Waals surface area contributed by atoms with E-state index in [9.17, 15) is 26.3 Å². The van der Waals surface area contributed by atoms with E-state index in [1.165, 1.54) is 0 Å². The van der Waals surface area contributed by atoms with Gasteiger partial charge in [-0.25, -0.2) is 26.3 Å². The zero-order chi connectivity index (χ0) is 12.6. The first-order valence-corrected chi connectivity index (χ1v) is 4.11. The summed E-state index contributed by atoms with van der Waals surface area (Å²) >= 11 is 0. The van der Waals surface area contributed by atoms with Gasteiger partial charge < -0.3 is 14.2 Å². The van der Waals surface area contributed by atoms with Crippen LogP contribution >= 0.6 is 0 Å². The van der Waals surface area contributed by atoms with Gasteiger partial charge in [-0.2, -0.15) is 0 Å². The maximum Gasteiger partial charge on any atom is 0.272 e. The van der Waals surface area contributed by atoms with Gasteiger partial charge in [-0.1, -0.05) is 0 Å². The van der Waals surface area contributed by atoms with Crippen molar-refractivity contribution in [3.05, 3.63) is 0 Å². The highest BCUT2D eigenvalue weighted by atomic mass is 19.3. The summed E-state index contributed by atoms with van der Waals surface area (Å²) in [5.41, 5.74) is 0. The molecule has 0 aliphatic heterocycles. The number of hydrogen-bond acceptors (Lipinski definition) is 3. The number of halogens is 6. The minimum atomic E-state index is -2.88.